The topological polar surface area (TPSA) is 33.8 Å². The van der Waals surface area contributed by atoms with E-state index in [4.69, 9.17) is 23.2 Å². The van der Waals surface area contributed by atoms with Crippen molar-refractivity contribution < 1.29 is 4.48 Å². The van der Waals surface area contributed by atoms with E-state index in [-0.39, 0.29) is 0 Å². The van der Waals surface area contributed by atoms with E-state index in [9.17, 15) is 0 Å². The summed E-state index contributed by atoms with van der Waals surface area (Å²) in [7, 11) is 4.76. The Labute approximate surface area is 317 Å². The van der Waals surface area contributed by atoms with Gasteiger partial charge in [-0.15, -0.1) is 0 Å². The van der Waals surface area contributed by atoms with Gasteiger partial charge < -0.3 is 24.9 Å². The highest BCUT2D eigenvalue weighted by Gasteiger charge is 2.36. The first-order valence-corrected chi connectivity index (χ1v) is 20.4. The lowest BCUT2D eigenvalue weighted by atomic mass is 10.1. The standard InChI is InChI=1S/C40H49Cl2N6S2/c1-45-26-28-48(2,27-23-44-21-10-25-47-34-14-4-6-18-38(34)50-40-32(42)12-8-16-36(40)47)30(29-45)19-22-43-20-9-24-46-33-13-3-5-17-37(33)49-39-31(41)11-7-15-35(39)46/h3-8,11-18,30,43-44H,9-10,19-29H2,1-2H3/q+1. The molecule has 0 amide bonds. The average Bonchev–Trinajstić information content (AvgIpc) is 3.12. The molecule has 3 aliphatic heterocycles. The maximum Gasteiger partial charge on any atom is 0.103 e. The van der Waals surface area contributed by atoms with E-state index in [1.807, 2.05) is 12.1 Å². The fraction of sp³-hybridized carbons (Fsp3) is 0.400. The van der Waals surface area contributed by atoms with Gasteiger partial charge in [-0.25, -0.2) is 0 Å². The second-order valence-electron chi connectivity index (χ2n) is 14.0. The molecule has 6 nitrogen and oxygen atoms in total. The number of hydrogen-bond acceptors (Lipinski definition) is 7. The molecule has 4 aromatic carbocycles. The van der Waals surface area contributed by atoms with Crippen LogP contribution in [0.2, 0.25) is 10.0 Å². The molecule has 0 bridgehead atoms. The Balaban J connectivity index is 0.860. The van der Waals surface area contributed by atoms with Crippen LogP contribution in [0.5, 0.6) is 0 Å². The van der Waals surface area contributed by atoms with E-state index >= 15 is 0 Å². The number of halogens is 2. The lowest BCUT2D eigenvalue weighted by Gasteiger charge is -2.47. The van der Waals surface area contributed by atoms with Crippen LogP contribution in [0.15, 0.2) is 105 Å². The molecule has 0 saturated carbocycles. The quantitative estimate of drug-likeness (QED) is 0.0985. The van der Waals surface area contributed by atoms with Crippen molar-refractivity contribution >= 4 is 69.5 Å². The smallest absolute Gasteiger partial charge is 0.103 e. The highest BCUT2D eigenvalue weighted by Crippen LogP contribution is 2.51. The summed E-state index contributed by atoms with van der Waals surface area (Å²) in [6.45, 7) is 10.7. The number of likely N-dealkylation sites (N-methyl/N-ethyl adjacent to an activating group) is 2. The van der Waals surface area contributed by atoms with Crippen LogP contribution in [0, 0.1) is 0 Å². The van der Waals surface area contributed by atoms with Crippen molar-refractivity contribution in [1.82, 2.24) is 15.5 Å². The van der Waals surface area contributed by atoms with Gasteiger partial charge in [0.1, 0.15) is 6.04 Å². The number of para-hydroxylation sites is 2. The average molecular weight is 749 g/mol. The minimum Gasteiger partial charge on any atom is -0.340 e. The third-order valence-corrected chi connectivity index (χ3v) is 13.8. The Hall–Kier alpha value is -2.40. The number of benzene rings is 4. The Morgan fingerprint density at radius 3 is 1.78 bits per heavy atom. The number of quaternary nitrogens is 1. The zero-order valence-electron chi connectivity index (χ0n) is 29.2. The van der Waals surface area contributed by atoms with Crippen LogP contribution >= 0.6 is 46.7 Å². The van der Waals surface area contributed by atoms with Crippen LogP contribution in [0.3, 0.4) is 0 Å². The van der Waals surface area contributed by atoms with Crippen molar-refractivity contribution in [3.63, 3.8) is 0 Å². The van der Waals surface area contributed by atoms with E-state index in [0.29, 0.717) is 6.04 Å². The summed E-state index contributed by atoms with van der Waals surface area (Å²) in [5.41, 5.74) is 5.01. The van der Waals surface area contributed by atoms with Gasteiger partial charge in [0.15, 0.2) is 0 Å². The van der Waals surface area contributed by atoms with Gasteiger partial charge in [0.05, 0.1) is 69.3 Å². The minimum absolute atomic E-state index is 0.631. The molecule has 1 fully saturated rings. The molecule has 264 valence electrons. The van der Waals surface area contributed by atoms with Crippen LogP contribution in [0.1, 0.15) is 19.3 Å². The fourth-order valence-corrected chi connectivity index (χ4v) is 10.4. The van der Waals surface area contributed by atoms with Crippen LogP contribution in [-0.2, 0) is 0 Å². The zero-order chi connectivity index (χ0) is 34.5. The molecule has 0 aromatic heterocycles. The molecular formula is C40H49Cl2N6S2+. The molecule has 0 aliphatic carbocycles. The lowest BCUT2D eigenvalue weighted by molar-refractivity contribution is -0.936. The van der Waals surface area contributed by atoms with Crippen molar-refractivity contribution in [1.29, 1.82) is 0 Å². The van der Waals surface area contributed by atoms with Gasteiger partial charge in [-0.1, -0.05) is 83.1 Å². The van der Waals surface area contributed by atoms with E-state index in [1.54, 1.807) is 23.5 Å². The van der Waals surface area contributed by atoms with Crippen molar-refractivity contribution in [3.8, 4) is 0 Å². The largest absolute Gasteiger partial charge is 0.340 e. The van der Waals surface area contributed by atoms with Gasteiger partial charge in [-0.05, 0) is 81.5 Å². The van der Waals surface area contributed by atoms with Crippen LogP contribution in [-0.4, -0.2) is 95.0 Å². The molecule has 2 N–H and O–H groups in total. The molecule has 0 radical (unpaired) electrons. The first kappa shape index (κ1) is 36.0. The Morgan fingerprint density at radius 2 is 1.20 bits per heavy atom. The molecule has 3 aliphatic rings. The Bertz CT molecular complexity index is 1770. The van der Waals surface area contributed by atoms with Gasteiger partial charge in [0, 0.05) is 48.9 Å². The van der Waals surface area contributed by atoms with Crippen LogP contribution < -0.4 is 20.4 Å². The predicted molar refractivity (Wildman–Crippen MR) is 215 cm³/mol. The maximum absolute atomic E-state index is 6.63. The van der Waals surface area contributed by atoms with E-state index in [0.717, 1.165) is 96.1 Å². The van der Waals surface area contributed by atoms with Gasteiger partial charge in [0.25, 0.3) is 0 Å². The number of nitrogens with zero attached hydrogens (tertiary/aromatic N) is 4. The lowest BCUT2D eigenvalue weighted by Crippen LogP contribution is -2.64. The summed E-state index contributed by atoms with van der Waals surface area (Å²) in [4.78, 5) is 12.3. The second kappa shape index (κ2) is 16.5. The number of anilines is 4. The first-order valence-electron chi connectivity index (χ1n) is 18.0. The summed E-state index contributed by atoms with van der Waals surface area (Å²) >= 11 is 16.8. The highest BCUT2D eigenvalue weighted by molar-refractivity contribution is 8.00. The van der Waals surface area contributed by atoms with Crippen LogP contribution in [0.25, 0.3) is 0 Å². The molecule has 0 spiro atoms. The molecule has 1 saturated heterocycles. The third-order valence-electron chi connectivity index (χ3n) is 10.5. The number of hydrogen-bond donors (Lipinski definition) is 2. The van der Waals surface area contributed by atoms with E-state index in [2.05, 4.69) is 112 Å². The number of fused-ring (bicyclic) bond motifs is 4. The summed E-state index contributed by atoms with van der Waals surface area (Å²) < 4.78 is 1.14. The van der Waals surface area contributed by atoms with Gasteiger partial charge in [-0.2, -0.15) is 0 Å². The molecule has 2 atom stereocenters. The minimum atomic E-state index is 0.631. The number of rotatable bonds is 14. The Morgan fingerprint density at radius 1 is 0.680 bits per heavy atom. The molecule has 4 aromatic rings. The summed E-state index contributed by atoms with van der Waals surface area (Å²) in [6, 6.07) is 30.5. The zero-order valence-corrected chi connectivity index (χ0v) is 32.4. The second-order valence-corrected chi connectivity index (χ2v) is 16.9. The summed E-state index contributed by atoms with van der Waals surface area (Å²) in [5.74, 6) is 0. The molecule has 2 unspecified atom stereocenters. The number of piperazine rings is 1. The maximum atomic E-state index is 6.63. The number of nitrogens with one attached hydrogen (secondary N) is 2. The fourth-order valence-electron chi connectivity index (χ4n) is 7.62. The monoisotopic (exact) mass is 747 g/mol. The molecular weight excluding hydrogens is 700 g/mol. The van der Waals surface area contributed by atoms with Gasteiger partial charge in [-0.3, -0.25) is 4.90 Å². The third kappa shape index (κ3) is 7.98. The normalized spacial score (nSPS) is 19.9. The SMILES string of the molecule is CN1CC[N+](C)(CCNCCCN2c3ccccc3Sc3c(Cl)cccc32)C(CCNCCCN2c3ccccc3Sc3c(Cl)cccc32)C1. The first-order chi connectivity index (χ1) is 24.4. The molecule has 7 rings (SSSR count). The van der Waals surface area contributed by atoms with Crippen molar-refractivity contribution in [2.45, 2.75) is 44.9 Å². The Kier molecular flexibility index (Phi) is 11.9. The van der Waals surface area contributed by atoms with Crippen molar-refractivity contribution in [3.05, 3.63) is 95.0 Å². The van der Waals surface area contributed by atoms with E-state index < -0.39 is 0 Å². The predicted octanol–water partition coefficient (Wildman–Crippen LogP) is 9.01. The van der Waals surface area contributed by atoms with E-state index in [1.165, 1.54) is 45.5 Å². The van der Waals surface area contributed by atoms with Crippen molar-refractivity contribution in [2.24, 2.45) is 0 Å². The van der Waals surface area contributed by atoms with Gasteiger partial charge in [0.2, 0.25) is 0 Å². The molecule has 50 heavy (non-hydrogen) atoms. The van der Waals surface area contributed by atoms with Crippen molar-refractivity contribution in [2.75, 3.05) is 89.3 Å². The summed E-state index contributed by atoms with van der Waals surface area (Å²) in [6.07, 6.45) is 3.34. The summed E-state index contributed by atoms with van der Waals surface area (Å²) in [5, 5.41) is 9.27. The van der Waals surface area contributed by atoms with Gasteiger partial charge >= 0.3 is 0 Å². The highest BCUT2D eigenvalue weighted by atomic mass is 35.5. The molecule has 3 heterocycles. The van der Waals surface area contributed by atoms with Crippen LogP contribution in [0.4, 0.5) is 22.7 Å². The molecule has 10 heteroatoms.